The minimum atomic E-state index is -3.50. The lowest BCUT2D eigenvalue weighted by Crippen LogP contribution is -2.46. The normalized spacial score (nSPS) is 19.2. The second-order valence-electron chi connectivity index (χ2n) is 9.67. The number of carbonyl (C=O) groups is 1. The van der Waals surface area contributed by atoms with Crippen LogP contribution in [-0.4, -0.2) is 79.2 Å². The van der Waals surface area contributed by atoms with Crippen molar-refractivity contribution >= 4 is 15.9 Å². The van der Waals surface area contributed by atoms with E-state index in [4.69, 9.17) is 0 Å². The van der Waals surface area contributed by atoms with E-state index in [-0.39, 0.29) is 16.8 Å². The van der Waals surface area contributed by atoms with E-state index in [0.717, 1.165) is 57.4 Å². The van der Waals surface area contributed by atoms with Gasteiger partial charge in [-0.2, -0.15) is 4.31 Å². The number of sulfonamides is 1. The molecule has 2 aromatic rings. The van der Waals surface area contributed by atoms with Gasteiger partial charge in [0.15, 0.2) is 0 Å². The summed E-state index contributed by atoms with van der Waals surface area (Å²) in [7, 11) is -1.64. The first kappa shape index (κ1) is 24.8. The van der Waals surface area contributed by atoms with Gasteiger partial charge in [-0.1, -0.05) is 13.0 Å². The lowest BCUT2D eigenvalue weighted by Gasteiger charge is -2.36. The number of amides is 1. The zero-order chi connectivity index (χ0) is 24.1. The van der Waals surface area contributed by atoms with Gasteiger partial charge in [0.25, 0.3) is 5.91 Å². The van der Waals surface area contributed by atoms with Crippen LogP contribution in [0.25, 0.3) is 0 Å². The van der Waals surface area contributed by atoms with E-state index in [0.29, 0.717) is 24.6 Å². The minimum absolute atomic E-state index is 0.0531. The first-order valence-electron chi connectivity index (χ1n) is 12.3. The summed E-state index contributed by atoms with van der Waals surface area (Å²) in [6, 6.07) is 12.7. The van der Waals surface area contributed by atoms with Crippen LogP contribution in [0.4, 0.5) is 0 Å². The van der Waals surface area contributed by atoms with E-state index in [1.54, 1.807) is 28.6 Å². The number of aromatic nitrogens is 1. The molecule has 8 heteroatoms. The largest absolute Gasteiger partial charge is 0.339 e. The van der Waals surface area contributed by atoms with Gasteiger partial charge in [-0.3, -0.25) is 9.78 Å². The van der Waals surface area contributed by atoms with Crippen molar-refractivity contribution in [1.29, 1.82) is 0 Å². The molecule has 2 aliphatic rings. The van der Waals surface area contributed by atoms with Crippen molar-refractivity contribution in [2.75, 3.05) is 39.8 Å². The van der Waals surface area contributed by atoms with Crippen molar-refractivity contribution in [2.24, 2.45) is 5.92 Å². The van der Waals surface area contributed by atoms with Crippen molar-refractivity contribution in [3.05, 3.63) is 59.9 Å². The predicted molar refractivity (Wildman–Crippen MR) is 133 cm³/mol. The van der Waals surface area contributed by atoms with Gasteiger partial charge in [0.1, 0.15) is 0 Å². The van der Waals surface area contributed by atoms with E-state index >= 15 is 0 Å². The Labute approximate surface area is 203 Å². The SMILES string of the molecule is CC1CCN(S(=O)(=O)c2ccc(C(=O)N(C)C3CCN(CCc4ccccn4)CC3)cc2)CC1. The summed E-state index contributed by atoms with van der Waals surface area (Å²) < 4.78 is 27.5. The van der Waals surface area contributed by atoms with Gasteiger partial charge < -0.3 is 9.80 Å². The molecule has 0 spiro atoms. The Kier molecular flexibility index (Phi) is 8.01. The molecule has 4 rings (SSSR count). The fraction of sp³-hybridized carbons (Fsp3) is 0.538. The predicted octanol–water partition coefficient (Wildman–Crippen LogP) is 3.28. The van der Waals surface area contributed by atoms with Gasteiger partial charge in [0, 0.05) is 69.7 Å². The highest BCUT2D eigenvalue weighted by molar-refractivity contribution is 7.89. The summed E-state index contributed by atoms with van der Waals surface area (Å²) in [5, 5.41) is 0. The molecule has 3 heterocycles. The van der Waals surface area contributed by atoms with E-state index in [2.05, 4.69) is 22.9 Å². The molecule has 1 aromatic carbocycles. The number of hydrogen-bond donors (Lipinski definition) is 0. The van der Waals surface area contributed by atoms with Crippen LogP contribution in [0.15, 0.2) is 53.6 Å². The highest BCUT2D eigenvalue weighted by Gasteiger charge is 2.29. The van der Waals surface area contributed by atoms with Gasteiger partial charge in [-0.25, -0.2) is 8.42 Å². The molecule has 0 aliphatic carbocycles. The summed E-state index contributed by atoms with van der Waals surface area (Å²) in [5.41, 5.74) is 1.64. The van der Waals surface area contributed by atoms with Crippen LogP contribution in [0, 0.1) is 5.92 Å². The van der Waals surface area contributed by atoms with Gasteiger partial charge in [0.2, 0.25) is 10.0 Å². The standard InChI is InChI=1S/C26H36N4O3S/c1-21-10-19-30(20-11-21)34(32,33)25-8-6-22(7-9-25)26(31)28(2)24-13-17-29(18-14-24)16-12-23-5-3-4-15-27-23/h3-9,15,21,24H,10-14,16-20H2,1-2H3. The van der Waals surface area contributed by atoms with Crippen molar-refractivity contribution in [2.45, 2.75) is 50.0 Å². The second-order valence-corrected chi connectivity index (χ2v) is 11.6. The molecule has 7 nitrogen and oxygen atoms in total. The van der Waals surface area contributed by atoms with Crippen LogP contribution in [-0.2, 0) is 16.4 Å². The molecule has 1 amide bonds. The van der Waals surface area contributed by atoms with Gasteiger partial charge in [-0.15, -0.1) is 0 Å². The van der Waals surface area contributed by atoms with Crippen LogP contribution >= 0.6 is 0 Å². The molecule has 0 bridgehead atoms. The number of likely N-dealkylation sites (tertiary alicyclic amines) is 1. The number of nitrogens with zero attached hydrogens (tertiary/aromatic N) is 4. The molecule has 184 valence electrons. The van der Waals surface area contributed by atoms with Crippen LogP contribution in [0.2, 0.25) is 0 Å². The summed E-state index contributed by atoms with van der Waals surface area (Å²) in [4.78, 5) is 22.0. The summed E-state index contributed by atoms with van der Waals surface area (Å²) >= 11 is 0. The zero-order valence-corrected chi connectivity index (χ0v) is 21.1. The molecule has 0 radical (unpaired) electrons. The third-order valence-electron chi connectivity index (χ3n) is 7.32. The highest BCUT2D eigenvalue weighted by Crippen LogP contribution is 2.24. The smallest absolute Gasteiger partial charge is 0.253 e. The quantitative estimate of drug-likeness (QED) is 0.603. The maximum atomic E-state index is 13.1. The molecule has 0 saturated carbocycles. The number of pyridine rings is 1. The van der Waals surface area contributed by atoms with Gasteiger partial charge >= 0.3 is 0 Å². The summed E-state index contributed by atoms with van der Waals surface area (Å²) in [6.45, 7) is 6.18. The molecule has 2 saturated heterocycles. The molecule has 34 heavy (non-hydrogen) atoms. The average Bonchev–Trinajstić information content (AvgIpc) is 2.88. The Morgan fingerprint density at radius 3 is 2.29 bits per heavy atom. The van der Waals surface area contributed by atoms with Crippen LogP contribution in [0.5, 0.6) is 0 Å². The van der Waals surface area contributed by atoms with E-state index < -0.39 is 10.0 Å². The maximum absolute atomic E-state index is 13.1. The zero-order valence-electron chi connectivity index (χ0n) is 20.3. The van der Waals surface area contributed by atoms with Gasteiger partial charge in [0.05, 0.1) is 4.90 Å². The first-order valence-corrected chi connectivity index (χ1v) is 13.8. The summed E-state index contributed by atoms with van der Waals surface area (Å²) in [6.07, 6.45) is 6.42. The number of carbonyl (C=O) groups excluding carboxylic acids is 1. The monoisotopic (exact) mass is 484 g/mol. The Morgan fingerprint density at radius 2 is 1.68 bits per heavy atom. The van der Waals surface area contributed by atoms with Crippen molar-refractivity contribution in [3.63, 3.8) is 0 Å². The molecular formula is C26H36N4O3S. The van der Waals surface area contributed by atoms with Crippen molar-refractivity contribution in [1.82, 2.24) is 19.1 Å². The third-order valence-corrected chi connectivity index (χ3v) is 9.23. The van der Waals surface area contributed by atoms with Crippen LogP contribution in [0.3, 0.4) is 0 Å². The lowest BCUT2D eigenvalue weighted by molar-refractivity contribution is 0.0643. The topological polar surface area (TPSA) is 73.8 Å². The van der Waals surface area contributed by atoms with E-state index in [1.807, 2.05) is 30.3 Å². The fourth-order valence-corrected chi connectivity index (χ4v) is 6.33. The number of hydrogen-bond acceptors (Lipinski definition) is 5. The molecule has 2 aliphatic heterocycles. The van der Waals surface area contributed by atoms with Crippen molar-refractivity contribution in [3.8, 4) is 0 Å². The molecule has 2 fully saturated rings. The minimum Gasteiger partial charge on any atom is -0.339 e. The number of rotatable bonds is 7. The van der Waals surface area contributed by atoms with E-state index in [9.17, 15) is 13.2 Å². The molecule has 0 atom stereocenters. The highest BCUT2D eigenvalue weighted by atomic mass is 32.2. The third kappa shape index (κ3) is 5.85. The van der Waals surface area contributed by atoms with Crippen LogP contribution < -0.4 is 0 Å². The van der Waals surface area contributed by atoms with E-state index in [1.165, 1.54) is 0 Å². The Hall–Kier alpha value is -2.29. The second kappa shape index (κ2) is 11.0. The fourth-order valence-electron chi connectivity index (χ4n) is 4.86. The van der Waals surface area contributed by atoms with Gasteiger partial charge in [-0.05, 0) is 68.0 Å². The Balaban J connectivity index is 1.30. The average molecular weight is 485 g/mol. The molecule has 0 N–H and O–H groups in total. The molecule has 1 aromatic heterocycles. The Bertz CT molecular complexity index is 1040. The summed E-state index contributed by atoms with van der Waals surface area (Å²) in [5.74, 6) is 0.511. The van der Waals surface area contributed by atoms with Crippen LogP contribution in [0.1, 0.15) is 48.7 Å². The molecule has 0 unspecified atom stereocenters. The Morgan fingerprint density at radius 1 is 1.00 bits per heavy atom. The van der Waals surface area contributed by atoms with Crippen molar-refractivity contribution < 1.29 is 13.2 Å². The first-order chi connectivity index (χ1) is 16.3. The lowest BCUT2D eigenvalue weighted by atomic mass is 10.0. The molecular weight excluding hydrogens is 448 g/mol. The maximum Gasteiger partial charge on any atom is 0.253 e. The number of piperidine rings is 2. The number of benzene rings is 1.